The first kappa shape index (κ1) is 19.0. The summed E-state index contributed by atoms with van der Waals surface area (Å²) in [5.74, 6) is -0.781. The molecule has 0 radical (unpaired) electrons. The first-order chi connectivity index (χ1) is 13.2. The number of anilines is 2. The van der Waals surface area contributed by atoms with Crippen molar-refractivity contribution in [3.8, 4) is 0 Å². The van der Waals surface area contributed by atoms with Crippen LogP contribution < -0.4 is 21.9 Å². The number of nitrogens with one attached hydrogen (secondary N) is 4. The van der Waals surface area contributed by atoms with Gasteiger partial charge in [-0.1, -0.05) is 19.9 Å². The lowest BCUT2D eigenvalue weighted by atomic mass is 10.1. The van der Waals surface area contributed by atoms with Crippen LogP contribution >= 0.6 is 0 Å². The molecule has 28 heavy (non-hydrogen) atoms. The third-order valence-electron chi connectivity index (χ3n) is 4.13. The summed E-state index contributed by atoms with van der Waals surface area (Å²) in [6, 6.07) is 6.54. The average molecular weight is 381 g/mol. The predicted octanol–water partition coefficient (Wildman–Crippen LogP) is 1.77. The summed E-state index contributed by atoms with van der Waals surface area (Å²) >= 11 is 0. The molecule has 3 rings (SSSR count). The zero-order valence-corrected chi connectivity index (χ0v) is 15.5. The normalized spacial score (nSPS) is 10.9. The number of carbonyl (C=O) groups excluding carboxylic acids is 2. The lowest BCUT2D eigenvalue weighted by Crippen LogP contribution is -2.23. The number of hydrogen-bond acceptors (Lipinski definition) is 5. The Bertz CT molecular complexity index is 1190. The van der Waals surface area contributed by atoms with Gasteiger partial charge in [-0.3, -0.25) is 24.4 Å². The number of aryl methyl sites for hydroxylation is 1. The van der Waals surface area contributed by atoms with E-state index in [4.69, 9.17) is 0 Å². The minimum atomic E-state index is -0.668. The van der Waals surface area contributed by atoms with Gasteiger partial charge in [0.15, 0.2) is 0 Å². The van der Waals surface area contributed by atoms with E-state index in [1.807, 2.05) is 6.92 Å². The highest BCUT2D eigenvalue weighted by atomic mass is 16.2. The number of pyridine rings is 1. The van der Waals surface area contributed by atoms with Gasteiger partial charge in [-0.05, 0) is 30.7 Å². The third-order valence-corrected chi connectivity index (χ3v) is 4.13. The molecule has 0 aliphatic carbocycles. The highest BCUT2D eigenvalue weighted by molar-refractivity contribution is 6.06. The van der Waals surface area contributed by atoms with Gasteiger partial charge in [-0.2, -0.15) is 0 Å². The smallest absolute Gasteiger partial charge is 0.326 e. The molecule has 0 bridgehead atoms. The molecule has 0 saturated heterocycles. The number of aromatic nitrogens is 3. The quantitative estimate of drug-likeness (QED) is 0.546. The summed E-state index contributed by atoms with van der Waals surface area (Å²) in [7, 11) is 0. The van der Waals surface area contributed by atoms with Gasteiger partial charge in [-0.25, -0.2) is 9.78 Å². The number of carbonyl (C=O) groups is 2. The number of fused-ring (bicyclic) bond motifs is 1. The lowest BCUT2D eigenvalue weighted by Gasteiger charge is -2.12. The van der Waals surface area contributed by atoms with Crippen molar-refractivity contribution in [1.82, 2.24) is 15.0 Å². The fraction of sp³-hybridized carbons (Fsp3) is 0.211. The first-order valence-electron chi connectivity index (χ1n) is 8.60. The maximum atomic E-state index is 12.6. The summed E-state index contributed by atoms with van der Waals surface area (Å²) in [4.78, 5) is 56.1. The summed E-state index contributed by atoms with van der Waals surface area (Å²) in [5, 5.41) is 5.63. The SMILES string of the molecule is Cc1ccc(NC(=O)C(C)C)cc1NC(=O)c1cnc2[nH]c(=O)[nH]c(=O)c2c1. The zero-order valence-electron chi connectivity index (χ0n) is 15.5. The molecule has 2 amide bonds. The van der Waals surface area contributed by atoms with E-state index in [0.717, 1.165) is 5.56 Å². The third kappa shape index (κ3) is 3.98. The van der Waals surface area contributed by atoms with Crippen molar-refractivity contribution in [2.75, 3.05) is 10.6 Å². The molecular formula is C19H19N5O4. The van der Waals surface area contributed by atoms with Crippen LogP contribution in [0.15, 0.2) is 40.1 Å². The predicted molar refractivity (Wildman–Crippen MR) is 106 cm³/mol. The Kier molecular flexibility index (Phi) is 5.08. The van der Waals surface area contributed by atoms with Crippen molar-refractivity contribution >= 4 is 34.2 Å². The van der Waals surface area contributed by atoms with Gasteiger partial charge in [0, 0.05) is 23.5 Å². The maximum absolute atomic E-state index is 12.6. The van der Waals surface area contributed by atoms with Gasteiger partial charge >= 0.3 is 5.69 Å². The van der Waals surface area contributed by atoms with Crippen LogP contribution in [-0.4, -0.2) is 26.8 Å². The van der Waals surface area contributed by atoms with Crippen molar-refractivity contribution < 1.29 is 9.59 Å². The highest BCUT2D eigenvalue weighted by Crippen LogP contribution is 2.21. The second-order valence-electron chi connectivity index (χ2n) is 6.66. The second kappa shape index (κ2) is 7.47. The topological polar surface area (TPSA) is 137 Å². The number of aromatic amines is 2. The van der Waals surface area contributed by atoms with Crippen LogP contribution in [0, 0.1) is 12.8 Å². The standard InChI is InChI=1S/C19H19N5O4/c1-9(2)16(25)21-12-5-4-10(3)14(7-12)22-17(26)11-6-13-15(20-8-11)23-19(28)24-18(13)27/h4-9H,1-3H3,(H,21,25)(H,22,26)(H2,20,23,24,27,28). The molecule has 0 aliphatic rings. The van der Waals surface area contributed by atoms with E-state index in [0.29, 0.717) is 11.4 Å². The number of hydrogen-bond donors (Lipinski definition) is 4. The Labute approximate surface area is 159 Å². The second-order valence-corrected chi connectivity index (χ2v) is 6.66. The largest absolute Gasteiger partial charge is 0.327 e. The van der Waals surface area contributed by atoms with Gasteiger partial charge < -0.3 is 10.6 Å². The fourth-order valence-electron chi connectivity index (χ4n) is 2.49. The molecule has 2 heterocycles. The van der Waals surface area contributed by atoms with Crippen molar-refractivity contribution in [2.24, 2.45) is 5.92 Å². The van der Waals surface area contributed by atoms with Crippen molar-refractivity contribution in [2.45, 2.75) is 20.8 Å². The molecule has 0 unspecified atom stereocenters. The Morgan fingerprint density at radius 3 is 2.54 bits per heavy atom. The zero-order chi connectivity index (χ0) is 20.4. The number of amides is 2. The molecule has 3 aromatic rings. The van der Waals surface area contributed by atoms with Crippen molar-refractivity contribution in [1.29, 1.82) is 0 Å². The van der Waals surface area contributed by atoms with Gasteiger partial charge in [0.05, 0.1) is 10.9 Å². The number of rotatable bonds is 4. The van der Waals surface area contributed by atoms with E-state index >= 15 is 0 Å². The fourth-order valence-corrected chi connectivity index (χ4v) is 2.49. The monoisotopic (exact) mass is 381 g/mol. The molecule has 0 atom stereocenters. The van der Waals surface area contributed by atoms with Gasteiger partial charge in [0.2, 0.25) is 5.91 Å². The number of H-pyrrole nitrogens is 2. The minimum Gasteiger partial charge on any atom is -0.326 e. The number of benzene rings is 1. The summed E-state index contributed by atoms with van der Waals surface area (Å²) in [5.41, 5.74) is 0.827. The van der Waals surface area contributed by atoms with Crippen LogP contribution in [-0.2, 0) is 4.79 Å². The van der Waals surface area contributed by atoms with Crippen LogP contribution in [0.1, 0.15) is 29.8 Å². The molecule has 4 N–H and O–H groups in total. The van der Waals surface area contributed by atoms with Crippen LogP contribution in [0.5, 0.6) is 0 Å². The highest BCUT2D eigenvalue weighted by Gasteiger charge is 2.13. The van der Waals surface area contributed by atoms with Crippen LogP contribution in [0.4, 0.5) is 11.4 Å². The summed E-state index contributed by atoms with van der Waals surface area (Å²) in [6.45, 7) is 5.39. The van der Waals surface area contributed by atoms with E-state index in [9.17, 15) is 19.2 Å². The molecule has 0 saturated carbocycles. The lowest BCUT2D eigenvalue weighted by molar-refractivity contribution is -0.118. The van der Waals surface area contributed by atoms with Crippen LogP contribution in [0.3, 0.4) is 0 Å². The Morgan fingerprint density at radius 2 is 1.82 bits per heavy atom. The van der Waals surface area contributed by atoms with E-state index in [1.54, 1.807) is 32.0 Å². The molecule has 0 fully saturated rings. The van der Waals surface area contributed by atoms with Gasteiger partial charge in [0.25, 0.3) is 11.5 Å². The summed E-state index contributed by atoms with van der Waals surface area (Å²) in [6.07, 6.45) is 1.27. The minimum absolute atomic E-state index is 0.0971. The maximum Gasteiger partial charge on any atom is 0.327 e. The first-order valence-corrected chi connectivity index (χ1v) is 8.60. The van der Waals surface area contributed by atoms with E-state index in [1.165, 1.54) is 12.3 Å². The van der Waals surface area contributed by atoms with Crippen molar-refractivity contribution in [3.63, 3.8) is 0 Å². The molecular weight excluding hydrogens is 362 g/mol. The molecule has 2 aromatic heterocycles. The Hall–Kier alpha value is -3.75. The molecule has 144 valence electrons. The Balaban J connectivity index is 1.88. The van der Waals surface area contributed by atoms with Crippen molar-refractivity contribution in [3.05, 3.63) is 62.4 Å². The van der Waals surface area contributed by atoms with Gasteiger partial charge in [0.1, 0.15) is 5.65 Å². The molecule has 0 aliphatic heterocycles. The molecule has 9 nitrogen and oxygen atoms in total. The van der Waals surface area contributed by atoms with E-state index in [2.05, 4.69) is 25.6 Å². The molecule has 9 heteroatoms. The summed E-state index contributed by atoms with van der Waals surface area (Å²) < 4.78 is 0. The molecule has 0 spiro atoms. The van der Waals surface area contributed by atoms with E-state index in [-0.39, 0.29) is 28.4 Å². The Morgan fingerprint density at radius 1 is 1.07 bits per heavy atom. The van der Waals surface area contributed by atoms with Crippen LogP contribution in [0.2, 0.25) is 0 Å². The van der Waals surface area contributed by atoms with Gasteiger partial charge in [-0.15, -0.1) is 0 Å². The molecule has 1 aromatic carbocycles. The number of nitrogens with zero attached hydrogens (tertiary/aromatic N) is 1. The van der Waals surface area contributed by atoms with Crippen LogP contribution in [0.25, 0.3) is 11.0 Å². The average Bonchev–Trinajstić information content (AvgIpc) is 2.63. The van der Waals surface area contributed by atoms with E-state index < -0.39 is 17.2 Å².